The van der Waals surface area contributed by atoms with Crippen LogP contribution in [0, 0.1) is 6.92 Å². The number of carbonyl (C=O) groups excluding carboxylic acids is 2. The second-order valence-electron chi connectivity index (χ2n) is 8.73. The van der Waals surface area contributed by atoms with Gasteiger partial charge in [-0.05, 0) is 60.7 Å². The average molecular weight is 457 g/mol. The van der Waals surface area contributed by atoms with Crippen LogP contribution in [0.25, 0.3) is 0 Å². The van der Waals surface area contributed by atoms with Gasteiger partial charge in [0.05, 0.1) is 6.04 Å². The number of fused-ring (bicyclic) bond motifs is 1. The van der Waals surface area contributed by atoms with Crippen LogP contribution in [0.1, 0.15) is 55.0 Å². The van der Waals surface area contributed by atoms with Crippen molar-refractivity contribution < 1.29 is 14.3 Å². The average Bonchev–Trinajstić information content (AvgIpc) is 2.87. The highest BCUT2D eigenvalue weighted by molar-refractivity contribution is 5.94. The topological polar surface area (TPSA) is 58.6 Å². The number of nitrogens with one attached hydrogen (secondary N) is 1. The Balaban J connectivity index is 1.60. The lowest BCUT2D eigenvalue weighted by atomic mass is 9.87. The van der Waals surface area contributed by atoms with Gasteiger partial charge in [0.25, 0.3) is 5.91 Å². The number of carbonyl (C=O) groups is 2. The zero-order valence-electron chi connectivity index (χ0n) is 20.1. The minimum absolute atomic E-state index is 0.134. The predicted octanol–water partition coefficient (Wildman–Crippen LogP) is 5.68. The maximum atomic E-state index is 12.9. The molecule has 5 nitrogen and oxygen atoms in total. The molecule has 4 rings (SSSR count). The van der Waals surface area contributed by atoms with Crippen molar-refractivity contribution in [3.8, 4) is 5.75 Å². The van der Waals surface area contributed by atoms with E-state index in [2.05, 4.69) is 23.5 Å². The number of nitrogens with zero attached hydrogens (tertiary/aromatic N) is 1. The summed E-state index contributed by atoms with van der Waals surface area (Å²) in [5.74, 6) is 0.595. The molecule has 5 heteroatoms. The van der Waals surface area contributed by atoms with E-state index in [1.165, 1.54) is 5.56 Å². The van der Waals surface area contributed by atoms with Gasteiger partial charge in [-0.1, -0.05) is 67.9 Å². The molecule has 0 saturated carbocycles. The Morgan fingerprint density at radius 2 is 1.76 bits per heavy atom. The molecule has 3 aromatic carbocycles. The van der Waals surface area contributed by atoms with E-state index in [1.54, 1.807) is 0 Å². The molecule has 34 heavy (non-hydrogen) atoms. The summed E-state index contributed by atoms with van der Waals surface area (Å²) in [7, 11) is 0. The van der Waals surface area contributed by atoms with Crippen molar-refractivity contribution in [2.75, 3.05) is 11.9 Å². The van der Waals surface area contributed by atoms with Crippen LogP contribution in [-0.4, -0.2) is 29.4 Å². The fourth-order valence-electron chi connectivity index (χ4n) is 4.48. The summed E-state index contributed by atoms with van der Waals surface area (Å²) in [5, 5.41) is 2.95. The molecule has 0 saturated heterocycles. The maximum Gasteiger partial charge on any atom is 0.265 e. The molecule has 0 fully saturated rings. The summed E-state index contributed by atoms with van der Waals surface area (Å²) in [6, 6.07) is 23.7. The van der Waals surface area contributed by atoms with Gasteiger partial charge < -0.3 is 15.0 Å². The highest BCUT2D eigenvalue weighted by Gasteiger charge is 2.32. The lowest BCUT2D eigenvalue weighted by Crippen LogP contribution is -2.40. The van der Waals surface area contributed by atoms with Crippen LogP contribution in [0.15, 0.2) is 72.8 Å². The summed E-state index contributed by atoms with van der Waals surface area (Å²) >= 11 is 0. The molecule has 3 aromatic rings. The third kappa shape index (κ3) is 5.14. The normalized spacial score (nSPS) is 15.9. The van der Waals surface area contributed by atoms with Crippen molar-refractivity contribution in [1.82, 2.24) is 4.90 Å². The standard InChI is InChI=1S/C29H32N2O3/c1-4-26(29(33)30-23-14-11-20(3)12-15-23)34-24-16-13-21-17-18-31(27(32)5-2)28(25(21)19-24)22-9-7-6-8-10-22/h6-16,19,26,28H,4-5,17-18H2,1-3H3,(H,30,33)/t26-,28-/m1/s1. The minimum Gasteiger partial charge on any atom is -0.481 e. The molecule has 1 heterocycles. The van der Waals surface area contributed by atoms with Crippen LogP contribution in [0.4, 0.5) is 5.69 Å². The van der Waals surface area contributed by atoms with Gasteiger partial charge in [0.1, 0.15) is 5.75 Å². The van der Waals surface area contributed by atoms with Crippen molar-refractivity contribution >= 4 is 17.5 Å². The van der Waals surface area contributed by atoms with Crippen molar-refractivity contribution in [3.05, 3.63) is 95.1 Å². The van der Waals surface area contributed by atoms with Crippen LogP contribution in [0.3, 0.4) is 0 Å². The molecule has 1 N–H and O–H groups in total. The van der Waals surface area contributed by atoms with E-state index in [-0.39, 0.29) is 17.9 Å². The summed E-state index contributed by atoms with van der Waals surface area (Å²) in [4.78, 5) is 27.7. The number of ether oxygens (including phenoxy) is 1. The van der Waals surface area contributed by atoms with Crippen molar-refractivity contribution in [2.24, 2.45) is 0 Å². The molecule has 0 unspecified atom stereocenters. The fraction of sp³-hybridized carbons (Fsp3) is 0.310. The largest absolute Gasteiger partial charge is 0.481 e. The lowest BCUT2D eigenvalue weighted by molar-refractivity contribution is -0.133. The van der Waals surface area contributed by atoms with Gasteiger partial charge in [-0.25, -0.2) is 0 Å². The molecule has 1 aliphatic rings. The van der Waals surface area contributed by atoms with Gasteiger partial charge in [-0.3, -0.25) is 9.59 Å². The van der Waals surface area contributed by atoms with Gasteiger partial charge in [-0.2, -0.15) is 0 Å². The predicted molar refractivity (Wildman–Crippen MR) is 135 cm³/mol. The molecule has 176 valence electrons. The summed E-state index contributed by atoms with van der Waals surface area (Å²) in [6.45, 7) is 6.54. The van der Waals surface area contributed by atoms with Gasteiger partial charge in [-0.15, -0.1) is 0 Å². The lowest BCUT2D eigenvalue weighted by Gasteiger charge is -2.38. The quantitative estimate of drug-likeness (QED) is 0.498. The van der Waals surface area contributed by atoms with E-state index in [0.717, 1.165) is 28.8 Å². The molecular formula is C29H32N2O3. The second-order valence-corrected chi connectivity index (χ2v) is 8.73. The Bertz CT molecular complexity index is 1140. The molecular weight excluding hydrogens is 424 g/mol. The second kappa shape index (κ2) is 10.6. The van der Waals surface area contributed by atoms with E-state index < -0.39 is 6.10 Å². The molecule has 2 atom stereocenters. The van der Waals surface area contributed by atoms with E-state index in [9.17, 15) is 9.59 Å². The Hall–Kier alpha value is -3.60. The molecule has 0 aromatic heterocycles. The zero-order valence-corrected chi connectivity index (χ0v) is 20.1. The van der Waals surface area contributed by atoms with Crippen LogP contribution in [0.2, 0.25) is 0 Å². The van der Waals surface area contributed by atoms with Crippen LogP contribution in [0.5, 0.6) is 5.75 Å². The molecule has 0 spiro atoms. The van der Waals surface area contributed by atoms with Gasteiger partial charge in [0.2, 0.25) is 5.91 Å². The number of hydrogen-bond acceptors (Lipinski definition) is 3. The van der Waals surface area contributed by atoms with E-state index in [0.29, 0.717) is 25.1 Å². The van der Waals surface area contributed by atoms with Crippen molar-refractivity contribution in [1.29, 1.82) is 0 Å². The van der Waals surface area contributed by atoms with Crippen molar-refractivity contribution in [2.45, 2.75) is 52.2 Å². The van der Waals surface area contributed by atoms with Gasteiger partial charge >= 0.3 is 0 Å². The summed E-state index contributed by atoms with van der Waals surface area (Å²) < 4.78 is 6.18. The first-order chi connectivity index (χ1) is 16.5. The molecule has 1 aliphatic heterocycles. The summed E-state index contributed by atoms with van der Waals surface area (Å²) in [6.07, 6.45) is 1.19. The SMILES string of the molecule is CCC(=O)N1CCc2ccc(O[C@H](CC)C(=O)Nc3ccc(C)cc3)cc2[C@H]1c1ccccc1. The van der Waals surface area contributed by atoms with Crippen LogP contribution < -0.4 is 10.1 Å². The third-order valence-corrected chi connectivity index (χ3v) is 6.34. The van der Waals surface area contributed by atoms with Crippen LogP contribution >= 0.6 is 0 Å². The monoisotopic (exact) mass is 456 g/mol. The number of anilines is 1. The summed E-state index contributed by atoms with van der Waals surface area (Å²) in [5.41, 5.74) is 5.23. The fourth-order valence-corrected chi connectivity index (χ4v) is 4.48. The number of rotatable bonds is 7. The Labute approximate surface area is 201 Å². The molecule has 0 bridgehead atoms. The molecule has 0 aliphatic carbocycles. The molecule has 2 amide bonds. The highest BCUT2D eigenvalue weighted by atomic mass is 16.5. The Kier molecular flexibility index (Phi) is 7.31. The third-order valence-electron chi connectivity index (χ3n) is 6.34. The zero-order chi connectivity index (χ0) is 24.1. The Morgan fingerprint density at radius 1 is 1.03 bits per heavy atom. The number of hydrogen-bond donors (Lipinski definition) is 1. The van der Waals surface area contributed by atoms with Crippen LogP contribution in [-0.2, 0) is 16.0 Å². The smallest absolute Gasteiger partial charge is 0.265 e. The van der Waals surface area contributed by atoms with Gasteiger partial charge in [0.15, 0.2) is 6.10 Å². The number of aryl methyl sites for hydroxylation is 1. The van der Waals surface area contributed by atoms with Crippen molar-refractivity contribution in [3.63, 3.8) is 0 Å². The minimum atomic E-state index is -0.619. The number of amides is 2. The maximum absolute atomic E-state index is 12.9. The van der Waals surface area contributed by atoms with Gasteiger partial charge in [0, 0.05) is 18.7 Å². The highest BCUT2D eigenvalue weighted by Crippen LogP contribution is 2.37. The Morgan fingerprint density at radius 3 is 2.44 bits per heavy atom. The first-order valence-corrected chi connectivity index (χ1v) is 12.0. The number of benzene rings is 3. The van der Waals surface area contributed by atoms with E-state index in [4.69, 9.17) is 4.74 Å². The first kappa shape index (κ1) is 23.6. The van der Waals surface area contributed by atoms with E-state index >= 15 is 0 Å². The molecule has 0 radical (unpaired) electrons. The van der Waals surface area contributed by atoms with E-state index in [1.807, 2.05) is 80.3 Å². The first-order valence-electron chi connectivity index (χ1n) is 12.0.